The molecule has 0 saturated heterocycles. The van der Waals surface area contributed by atoms with Crippen molar-refractivity contribution in [1.82, 2.24) is 0 Å². The van der Waals surface area contributed by atoms with E-state index in [4.69, 9.17) is 10.5 Å². The van der Waals surface area contributed by atoms with Gasteiger partial charge < -0.3 is 15.4 Å². The summed E-state index contributed by atoms with van der Waals surface area (Å²) < 4.78 is 18.0. The highest BCUT2D eigenvalue weighted by atomic mass is 19.1. The number of anilines is 2. The molecule has 0 saturated carbocycles. The number of hydrogen-bond acceptors (Lipinski definition) is 4. The molecule has 2 aromatic carbocycles. The third kappa shape index (κ3) is 3.01. The Kier molecular flexibility index (Phi) is 3.97. The van der Waals surface area contributed by atoms with E-state index in [1.165, 1.54) is 6.07 Å². The number of carbonyl (C=O) groups is 2. The minimum absolute atomic E-state index is 0.0195. The van der Waals surface area contributed by atoms with E-state index in [1.807, 2.05) is 24.3 Å². The Bertz CT molecular complexity index is 776. The fraction of sp³-hybridized carbons (Fsp3) is 0.176. The molecule has 0 fully saturated rings. The van der Waals surface area contributed by atoms with Gasteiger partial charge in [0.15, 0.2) is 6.61 Å². The standard InChI is InChI=1S/C17H15FN2O3/c18-12-5-6-13(14(19)9-12)17(22)23-10-16(21)20-8-7-11-3-1-2-4-15(11)20/h1-6,9H,7-8,10,19H2. The van der Waals surface area contributed by atoms with Crippen LogP contribution in [0.5, 0.6) is 0 Å². The third-order valence-corrected chi connectivity index (χ3v) is 3.75. The van der Waals surface area contributed by atoms with Crippen LogP contribution in [0.2, 0.25) is 0 Å². The van der Waals surface area contributed by atoms with Gasteiger partial charge in [0.1, 0.15) is 5.82 Å². The molecular weight excluding hydrogens is 299 g/mol. The number of fused-ring (bicyclic) bond motifs is 1. The molecule has 1 amide bonds. The van der Waals surface area contributed by atoms with Crippen LogP contribution in [0.1, 0.15) is 15.9 Å². The molecule has 0 aromatic heterocycles. The van der Waals surface area contributed by atoms with Crippen molar-refractivity contribution >= 4 is 23.3 Å². The molecular formula is C17H15FN2O3. The van der Waals surface area contributed by atoms with Crippen LogP contribution in [0.4, 0.5) is 15.8 Å². The van der Waals surface area contributed by atoms with Gasteiger partial charge in [0.25, 0.3) is 5.91 Å². The minimum atomic E-state index is -0.747. The van der Waals surface area contributed by atoms with E-state index >= 15 is 0 Å². The number of ether oxygens (including phenoxy) is 1. The van der Waals surface area contributed by atoms with Crippen molar-refractivity contribution in [2.45, 2.75) is 6.42 Å². The predicted octanol–water partition coefficient (Wildman–Crippen LogP) is 2.15. The van der Waals surface area contributed by atoms with Gasteiger partial charge in [-0.1, -0.05) is 18.2 Å². The van der Waals surface area contributed by atoms with E-state index in [2.05, 4.69) is 0 Å². The molecule has 6 heteroatoms. The first kappa shape index (κ1) is 15.0. The maximum Gasteiger partial charge on any atom is 0.340 e. The molecule has 1 aliphatic rings. The molecule has 5 nitrogen and oxygen atoms in total. The normalized spacial score (nSPS) is 12.8. The van der Waals surface area contributed by atoms with Gasteiger partial charge in [-0.15, -0.1) is 0 Å². The topological polar surface area (TPSA) is 72.6 Å². The maximum atomic E-state index is 13.0. The summed E-state index contributed by atoms with van der Waals surface area (Å²) in [4.78, 5) is 25.8. The van der Waals surface area contributed by atoms with Crippen LogP contribution in [0.25, 0.3) is 0 Å². The first-order chi connectivity index (χ1) is 11.1. The summed E-state index contributed by atoms with van der Waals surface area (Å²) in [7, 11) is 0. The van der Waals surface area contributed by atoms with Gasteiger partial charge in [-0.2, -0.15) is 0 Å². The van der Waals surface area contributed by atoms with Crippen LogP contribution in [0.15, 0.2) is 42.5 Å². The molecule has 1 aliphatic heterocycles. The average Bonchev–Trinajstić information content (AvgIpc) is 2.96. The van der Waals surface area contributed by atoms with Crippen LogP contribution in [-0.4, -0.2) is 25.0 Å². The van der Waals surface area contributed by atoms with Crippen molar-refractivity contribution in [1.29, 1.82) is 0 Å². The number of halogens is 1. The van der Waals surface area contributed by atoms with Crippen LogP contribution in [0.3, 0.4) is 0 Å². The lowest BCUT2D eigenvalue weighted by Crippen LogP contribution is -2.33. The SMILES string of the molecule is Nc1cc(F)ccc1C(=O)OCC(=O)N1CCc2ccccc21. The second kappa shape index (κ2) is 6.08. The first-order valence-corrected chi connectivity index (χ1v) is 7.16. The molecule has 0 atom stereocenters. The van der Waals surface area contributed by atoms with Gasteiger partial charge in [0, 0.05) is 17.9 Å². The number of amides is 1. The van der Waals surface area contributed by atoms with Gasteiger partial charge in [-0.3, -0.25) is 4.79 Å². The van der Waals surface area contributed by atoms with Crippen LogP contribution >= 0.6 is 0 Å². The van der Waals surface area contributed by atoms with Gasteiger partial charge in [0.05, 0.1) is 5.56 Å². The van der Waals surface area contributed by atoms with Crippen molar-refractivity contribution in [2.24, 2.45) is 0 Å². The number of nitrogens with two attached hydrogens (primary N) is 1. The molecule has 1 heterocycles. The van der Waals surface area contributed by atoms with E-state index in [-0.39, 0.29) is 23.8 Å². The summed E-state index contributed by atoms with van der Waals surface area (Å²) >= 11 is 0. The molecule has 2 aromatic rings. The predicted molar refractivity (Wildman–Crippen MR) is 83.6 cm³/mol. The molecule has 0 aliphatic carbocycles. The molecule has 0 unspecified atom stereocenters. The molecule has 0 spiro atoms. The highest BCUT2D eigenvalue weighted by Crippen LogP contribution is 2.27. The monoisotopic (exact) mass is 314 g/mol. The molecule has 2 N–H and O–H groups in total. The van der Waals surface area contributed by atoms with Crippen molar-refractivity contribution in [3.05, 3.63) is 59.4 Å². The first-order valence-electron chi connectivity index (χ1n) is 7.16. The smallest absolute Gasteiger partial charge is 0.340 e. The lowest BCUT2D eigenvalue weighted by Gasteiger charge is -2.17. The highest BCUT2D eigenvalue weighted by Gasteiger charge is 2.25. The Balaban J connectivity index is 1.65. The Morgan fingerprint density at radius 2 is 2.00 bits per heavy atom. The van der Waals surface area contributed by atoms with E-state index in [9.17, 15) is 14.0 Å². The molecule has 0 bridgehead atoms. The van der Waals surface area contributed by atoms with Crippen LogP contribution < -0.4 is 10.6 Å². The fourth-order valence-corrected chi connectivity index (χ4v) is 2.60. The third-order valence-electron chi connectivity index (χ3n) is 3.75. The van der Waals surface area contributed by atoms with Gasteiger partial charge in [0.2, 0.25) is 0 Å². The zero-order chi connectivity index (χ0) is 16.4. The Labute approximate surface area is 132 Å². The van der Waals surface area contributed by atoms with Gasteiger partial charge in [-0.05, 0) is 36.2 Å². The van der Waals surface area contributed by atoms with Crippen molar-refractivity contribution in [2.75, 3.05) is 23.8 Å². The van der Waals surface area contributed by atoms with E-state index in [0.29, 0.717) is 6.54 Å². The van der Waals surface area contributed by atoms with Crippen molar-refractivity contribution in [3.8, 4) is 0 Å². The van der Waals surface area contributed by atoms with Gasteiger partial charge in [-0.25, -0.2) is 9.18 Å². The summed E-state index contributed by atoms with van der Waals surface area (Å²) in [6.45, 7) is 0.179. The second-order valence-electron chi connectivity index (χ2n) is 5.23. The number of hydrogen-bond donors (Lipinski definition) is 1. The Morgan fingerprint density at radius 3 is 2.78 bits per heavy atom. The molecule has 118 valence electrons. The maximum absolute atomic E-state index is 13.0. The summed E-state index contributed by atoms with van der Waals surface area (Å²) in [5.41, 5.74) is 7.54. The highest BCUT2D eigenvalue weighted by molar-refractivity contribution is 6.00. The largest absolute Gasteiger partial charge is 0.452 e. The summed E-state index contributed by atoms with van der Waals surface area (Å²) in [5.74, 6) is -1.59. The average molecular weight is 314 g/mol. The van der Waals surface area contributed by atoms with Crippen LogP contribution in [-0.2, 0) is 16.0 Å². The zero-order valence-corrected chi connectivity index (χ0v) is 12.3. The number of carbonyl (C=O) groups excluding carboxylic acids is 2. The van der Waals surface area contributed by atoms with E-state index in [0.717, 1.165) is 29.8 Å². The van der Waals surface area contributed by atoms with Gasteiger partial charge >= 0.3 is 5.97 Å². The van der Waals surface area contributed by atoms with Crippen molar-refractivity contribution < 1.29 is 18.7 Å². The zero-order valence-electron chi connectivity index (χ0n) is 12.3. The number of nitrogens with zero attached hydrogens (tertiary/aromatic N) is 1. The number of esters is 1. The molecule has 3 rings (SSSR count). The quantitative estimate of drug-likeness (QED) is 0.696. The van der Waals surface area contributed by atoms with Crippen molar-refractivity contribution in [3.63, 3.8) is 0 Å². The lowest BCUT2D eigenvalue weighted by atomic mass is 10.2. The number of benzene rings is 2. The second-order valence-corrected chi connectivity index (χ2v) is 5.23. The fourth-order valence-electron chi connectivity index (χ4n) is 2.60. The number of para-hydroxylation sites is 1. The summed E-state index contributed by atoms with van der Waals surface area (Å²) in [6, 6.07) is 11.0. The Morgan fingerprint density at radius 1 is 1.22 bits per heavy atom. The minimum Gasteiger partial charge on any atom is -0.452 e. The Hall–Kier alpha value is -2.89. The molecule has 23 heavy (non-hydrogen) atoms. The van der Waals surface area contributed by atoms with E-state index < -0.39 is 11.8 Å². The van der Waals surface area contributed by atoms with E-state index in [1.54, 1.807) is 4.90 Å². The number of rotatable bonds is 3. The lowest BCUT2D eigenvalue weighted by molar-refractivity contribution is -0.121. The van der Waals surface area contributed by atoms with Crippen LogP contribution in [0, 0.1) is 5.82 Å². The number of nitrogen functional groups attached to an aromatic ring is 1. The molecule has 0 radical (unpaired) electrons. The summed E-state index contributed by atoms with van der Waals surface area (Å²) in [5, 5.41) is 0. The summed E-state index contributed by atoms with van der Waals surface area (Å²) in [6.07, 6.45) is 0.779.